The molecule has 2 aromatic rings. The fourth-order valence-electron chi connectivity index (χ4n) is 5.07. The quantitative estimate of drug-likeness (QED) is 0.650. The van der Waals surface area contributed by atoms with E-state index >= 15 is 0 Å². The third-order valence-corrected chi connectivity index (χ3v) is 7.75. The van der Waals surface area contributed by atoms with Gasteiger partial charge in [0, 0.05) is 19.3 Å². The number of hydrogen-bond acceptors (Lipinski definition) is 4. The Balaban J connectivity index is 1.45. The van der Waals surface area contributed by atoms with Gasteiger partial charge >= 0.3 is 18.2 Å². The second kappa shape index (κ2) is 8.61. The number of carboxylic acids is 1. The van der Waals surface area contributed by atoms with Gasteiger partial charge in [0.15, 0.2) is 9.84 Å². The molecule has 2 amide bonds. The fourth-order valence-corrected chi connectivity index (χ4v) is 5.71. The van der Waals surface area contributed by atoms with E-state index in [2.05, 4.69) is 5.32 Å². The number of fused-ring (bicyclic) bond motifs is 1. The summed E-state index contributed by atoms with van der Waals surface area (Å²) >= 11 is 0. The minimum Gasteiger partial charge on any atom is -0.478 e. The molecular formula is C23H23F3N2O5S. The summed E-state index contributed by atoms with van der Waals surface area (Å²) in [5.74, 6) is -1.53. The standard InChI is InChI=1S/C23H23F3N2O5S/c1-34(32,33)16-6-7-20(18(10-16)21(29)30)27-22(31)28-11-14-8-13(9-15(14)12-28)17-4-2-3-5-19(17)23(24,25)26/h2-7,10,13-15H,8-9,11-12H2,1H3,(H,27,31)(H,29,30)/t13-,14+,15-. The van der Waals surface area contributed by atoms with Gasteiger partial charge in [-0.05, 0) is 60.4 Å². The number of rotatable bonds is 4. The number of nitrogens with one attached hydrogen (secondary N) is 1. The molecule has 34 heavy (non-hydrogen) atoms. The molecule has 7 nitrogen and oxygen atoms in total. The number of carbonyl (C=O) groups excluding carboxylic acids is 1. The summed E-state index contributed by atoms with van der Waals surface area (Å²) in [4.78, 5) is 25.7. The highest BCUT2D eigenvalue weighted by molar-refractivity contribution is 7.90. The van der Waals surface area contributed by atoms with Gasteiger partial charge in [-0.25, -0.2) is 18.0 Å². The maximum absolute atomic E-state index is 13.4. The van der Waals surface area contributed by atoms with E-state index in [1.165, 1.54) is 29.2 Å². The Kier molecular flexibility index (Phi) is 6.09. The molecule has 182 valence electrons. The van der Waals surface area contributed by atoms with E-state index in [0.29, 0.717) is 25.9 Å². The van der Waals surface area contributed by atoms with E-state index in [1.807, 2.05) is 0 Å². The van der Waals surface area contributed by atoms with Crippen molar-refractivity contribution in [1.82, 2.24) is 4.90 Å². The van der Waals surface area contributed by atoms with Crippen LogP contribution in [-0.4, -0.2) is 49.8 Å². The number of carboxylic acid groups (broad SMARTS) is 1. The van der Waals surface area contributed by atoms with Crippen molar-refractivity contribution in [3.8, 4) is 0 Å². The second-order valence-corrected chi connectivity index (χ2v) is 10.9. The minimum absolute atomic E-state index is 0.0288. The number of hydrogen-bond donors (Lipinski definition) is 2. The Bertz CT molecular complexity index is 1230. The van der Waals surface area contributed by atoms with Crippen molar-refractivity contribution in [1.29, 1.82) is 0 Å². The van der Waals surface area contributed by atoms with Crippen LogP contribution in [0.1, 0.15) is 40.2 Å². The van der Waals surface area contributed by atoms with Crippen LogP contribution in [0.25, 0.3) is 0 Å². The van der Waals surface area contributed by atoms with Gasteiger partial charge in [-0.1, -0.05) is 18.2 Å². The number of aromatic carboxylic acids is 1. The smallest absolute Gasteiger partial charge is 0.416 e. The van der Waals surface area contributed by atoms with Crippen LogP contribution in [-0.2, 0) is 16.0 Å². The van der Waals surface area contributed by atoms with Crippen molar-refractivity contribution in [3.05, 3.63) is 59.2 Å². The van der Waals surface area contributed by atoms with Crippen LogP contribution in [0.15, 0.2) is 47.4 Å². The molecule has 2 N–H and O–H groups in total. The summed E-state index contributed by atoms with van der Waals surface area (Å²) in [5, 5.41) is 12.0. The van der Waals surface area contributed by atoms with Gasteiger partial charge in [0.05, 0.1) is 21.7 Å². The summed E-state index contributed by atoms with van der Waals surface area (Å²) < 4.78 is 63.7. The van der Waals surface area contributed by atoms with Crippen molar-refractivity contribution < 1.29 is 36.3 Å². The number of benzene rings is 2. The van der Waals surface area contributed by atoms with Gasteiger partial charge < -0.3 is 15.3 Å². The lowest BCUT2D eigenvalue weighted by Crippen LogP contribution is -2.34. The van der Waals surface area contributed by atoms with Crippen LogP contribution in [0.2, 0.25) is 0 Å². The average Bonchev–Trinajstić information content (AvgIpc) is 3.32. The van der Waals surface area contributed by atoms with Crippen LogP contribution in [0.5, 0.6) is 0 Å². The van der Waals surface area contributed by atoms with Crippen LogP contribution in [0, 0.1) is 11.8 Å². The van der Waals surface area contributed by atoms with Crippen molar-refractivity contribution in [3.63, 3.8) is 0 Å². The van der Waals surface area contributed by atoms with Gasteiger partial charge in [-0.3, -0.25) is 0 Å². The lowest BCUT2D eigenvalue weighted by Gasteiger charge is -2.22. The van der Waals surface area contributed by atoms with Crippen molar-refractivity contribution in [2.45, 2.75) is 29.8 Å². The number of anilines is 1. The Morgan fingerprint density at radius 3 is 2.24 bits per heavy atom. The lowest BCUT2D eigenvalue weighted by molar-refractivity contribution is -0.138. The molecule has 0 unspecified atom stereocenters. The molecule has 0 aromatic heterocycles. The first-order valence-electron chi connectivity index (χ1n) is 10.6. The van der Waals surface area contributed by atoms with Gasteiger partial charge in [0.1, 0.15) is 0 Å². The molecule has 1 saturated carbocycles. The molecule has 11 heteroatoms. The Hall–Kier alpha value is -3.08. The summed E-state index contributed by atoms with van der Waals surface area (Å²) in [6.07, 6.45) is -2.40. The maximum Gasteiger partial charge on any atom is 0.416 e. The van der Waals surface area contributed by atoms with E-state index in [1.54, 1.807) is 6.07 Å². The van der Waals surface area contributed by atoms with Gasteiger partial charge in [-0.15, -0.1) is 0 Å². The largest absolute Gasteiger partial charge is 0.478 e. The Morgan fingerprint density at radius 2 is 1.68 bits per heavy atom. The van der Waals surface area contributed by atoms with E-state index in [9.17, 15) is 36.3 Å². The van der Waals surface area contributed by atoms with E-state index in [-0.39, 0.29) is 39.5 Å². The summed E-state index contributed by atoms with van der Waals surface area (Å²) in [7, 11) is -3.63. The zero-order valence-electron chi connectivity index (χ0n) is 18.2. The third kappa shape index (κ3) is 4.75. The first kappa shape index (κ1) is 24.1. The highest BCUT2D eigenvalue weighted by Gasteiger charge is 2.45. The molecule has 3 atom stereocenters. The molecule has 0 radical (unpaired) electrons. The molecule has 1 aliphatic carbocycles. The zero-order valence-corrected chi connectivity index (χ0v) is 19.0. The monoisotopic (exact) mass is 496 g/mol. The second-order valence-electron chi connectivity index (χ2n) is 8.89. The molecular weight excluding hydrogens is 473 g/mol. The molecule has 2 aliphatic rings. The van der Waals surface area contributed by atoms with E-state index < -0.39 is 33.6 Å². The number of likely N-dealkylation sites (tertiary alicyclic amines) is 1. The summed E-state index contributed by atoms with van der Waals surface area (Å²) in [5.41, 5.74) is -0.704. The fraction of sp³-hybridized carbons (Fsp3) is 0.391. The highest BCUT2D eigenvalue weighted by atomic mass is 32.2. The van der Waals surface area contributed by atoms with Gasteiger partial charge in [0.25, 0.3) is 0 Å². The number of amides is 2. The van der Waals surface area contributed by atoms with Crippen molar-refractivity contribution >= 4 is 27.5 Å². The van der Waals surface area contributed by atoms with Crippen LogP contribution in [0.4, 0.5) is 23.7 Å². The molecule has 2 aromatic carbocycles. The maximum atomic E-state index is 13.4. The predicted octanol–water partition coefficient (Wildman–Crippen LogP) is 4.46. The number of urea groups is 1. The van der Waals surface area contributed by atoms with Crippen molar-refractivity contribution in [2.75, 3.05) is 24.7 Å². The van der Waals surface area contributed by atoms with Gasteiger partial charge in [0.2, 0.25) is 0 Å². The summed E-state index contributed by atoms with van der Waals surface area (Å²) in [6, 6.07) is 8.52. The molecule has 1 aliphatic heterocycles. The van der Waals surface area contributed by atoms with Gasteiger partial charge in [-0.2, -0.15) is 13.2 Å². The first-order valence-corrected chi connectivity index (χ1v) is 12.5. The SMILES string of the molecule is CS(=O)(=O)c1ccc(NC(=O)N2C[C@H]3C[C@H](c4ccccc4C(F)(F)F)C[C@H]3C2)c(C(=O)O)c1. The molecule has 0 spiro atoms. The van der Waals surface area contributed by atoms with E-state index in [4.69, 9.17) is 0 Å². The zero-order chi connectivity index (χ0) is 24.8. The minimum atomic E-state index is -4.42. The normalized spacial score (nSPS) is 22.5. The average molecular weight is 497 g/mol. The third-order valence-electron chi connectivity index (χ3n) is 6.64. The number of carbonyl (C=O) groups is 2. The van der Waals surface area contributed by atoms with Crippen LogP contribution >= 0.6 is 0 Å². The highest BCUT2D eigenvalue weighted by Crippen LogP contribution is 2.48. The number of sulfone groups is 1. The Labute approximate surface area is 194 Å². The molecule has 0 bridgehead atoms. The van der Waals surface area contributed by atoms with E-state index in [0.717, 1.165) is 18.4 Å². The first-order chi connectivity index (χ1) is 15.8. The number of halogens is 3. The summed E-state index contributed by atoms with van der Waals surface area (Å²) in [6.45, 7) is 0.704. The molecule has 4 rings (SSSR count). The molecule has 1 saturated heterocycles. The Morgan fingerprint density at radius 1 is 1.06 bits per heavy atom. The lowest BCUT2D eigenvalue weighted by atomic mass is 9.91. The molecule has 2 fully saturated rings. The number of nitrogens with zero attached hydrogens (tertiary/aromatic N) is 1. The predicted molar refractivity (Wildman–Crippen MR) is 118 cm³/mol. The topological polar surface area (TPSA) is 104 Å². The van der Waals surface area contributed by atoms with Crippen LogP contribution < -0.4 is 5.32 Å². The number of alkyl halides is 3. The molecule has 1 heterocycles. The van der Waals surface area contributed by atoms with Crippen molar-refractivity contribution in [2.24, 2.45) is 11.8 Å². The van der Waals surface area contributed by atoms with Crippen LogP contribution in [0.3, 0.4) is 0 Å².